The number of esters is 1. The predicted molar refractivity (Wildman–Crippen MR) is 71.8 cm³/mol. The molecule has 0 N–H and O–H groups in total. The van der Waals surface area contributed by atoms with Crippen molar-refractivity contribution in [1.82, 2.24) is 4.98 Å². The van der Waals surface area contributed by atoms with Gasteiger partial charge in [-0.15, -0.1) is 0 Å². The van der Waals surface area contributed by atoms with Crippen molar-refractivity contribution < 1.29 is 13.9 Å². The van der Waals surface area contributed by atoms with E-state index in [0.717, 1.165) is 5.56 Å². The second-order valence-corrected chi connectivity index (χ2v) is 4.12. The Morgan fingerprint density at radius 2 is 2.11 bits per heavy atom. The van der Waals surface area contributed by atoms with Gasteiger partial charge in [-0.2, -0.15) is 0 Å². The topological polar surface area (TPSA) is 52.3 Å². The molecule has 4 nitrogen and oxygen atoms in total. The molecule has 0 spiro atoms. The Hall–Kier alpha value is -2.36. The fraction of sp³-hybridized carbons (Fsp3) is 0.200. The molecule has 0 amide bonds. The van der Waals surface area contributed by atoms with Crippen molar-refractivity contribution in [3.8, 4) is 11.3 Å². The molecule has 0 radical (unpaired) electrons. The Bertz CT molecular complexity index is 587. The maximum atomic E-state index is 12.0. The van der Waals surface area contributed by atoms with Crippen LogP contribution >= 0.6 is 0 Å². The largest absolute Gasteiger partial charge is 0.454 e. The highest BCUT2D eigenvalue weighted by Gasteiger charge is 2.22. The van der Waals surface area contributed by atoms with Crippen LogP contribution in [0, 0.1) is 6.92 Å². The van der Waals surface area contributed by atoms with Crippen LogP contribution in [0.3, 0.4) is 0 Å². The van der Waals surface area contributed by atoms with Crippen LogP contribution in [0.15, 0.2) is 47.4 Å². The Kier molecular flexibility index (Phi) is 3.80. The van der Waals surface area contributed by atoms with Crippen LogP contribution in [0.5, 0.6) is 0 Å². The number of hydrogen-bond acceptors (Lipinski definition) is 4. The van der Waals surface area contributed by atoms with Gasteiger partial charge in [0.05, 0.1) is 0 Å². The molecule has 2 rings (SSSR count). The zero-order valence-electron chi connectivity index (χ0n) is 10.9. The predicted octanol–water partition coefficient (Wildman–Crippen LogP) is 3.38. The lowest BCUT2D eigenvalue weighted by Gasteiger charge is -2.07. The average molecular weight is 257 g/mol. The summed E-state index contributed by atoms with van der Waals surface area (Å²) in [7, 11) is 0. The number of rotatable bonds is 4. The van der Waals surface area contributed by atoms with Gasteiger partial charge >= 0.3 is 5.97 Å². The van der Waals surface area contributed by atoms with Crippen LogP contribution in [-0.2, 0) is 4.74 Å². The van der Waals surface area contributed by atoms with Crippen LogP contribution in [0.1, 0.15) is 23.3 Å². The summed E-state index contributed by atoms with van der Waals surface area (Å²) in [5.74, 6) is 0.347. The molecule has 0 saturated carbocycles. The van der Waals surface area contributed by atoms with Gasteiger partial charge < -0.3 is 9.15 Å². The second-order valence-electron chi connectivity index (χ2n) is 4.12. The maximum absolute atomic E-state index is 12.0. The summed E-state index contributed by atoms with van der Waals surface area (Å²) < 4.78 is 10.7. The summed E-state index contributed by atoms with van der Waals surface area (Å²) in [6, 6.07) is 9.34. The maximum Gasteiger partial charge on any atom is 0.361 e. The van der Waals surface area contributed by atoms with E-state index in [0.29, 0.717) is 11.7 Å². The summed E-state index contributed by atoms with van der Waals surface area (Å²) in [4.78, 5) is 16.1. The Labute approximate surface area is 111 Å². The van der Waals surface area contributed by atoms with E-state index in [1.807, 2.05) is 30.3 Å². The van der Waals surface area contributed by atoms with E-state index in [4.69, 9.17) is 9.15 Å². The molecule has 0 fully saturated rings. The van der Waals surface area contributed by atoms with Crippen molar-refractivity contribution in [2.75, 3.05) is 0 Å². The quantitative estimate of drug-likeness (QED) is 0.622. The van der Waals surface area contributed by atoms with Crippen molar-refractivity contribution in [3.63, 3.8) is 0 Å². The molecule has 2 aromatic rings. The minimum Gasteiger partial charge on any atom is -0.454 e. The number of hydrogen-bond donors (Lipinski definition) is 0. The van der Waals surface area contributed by atoms with Crippen molar-refractivity contribution in [2.45, 2.75) is 20.0 Å². The van der Waals surface area contributed by atoms with E-state index in [2.05, 4.69) is 11.6 Å². The minimum atomic E-state index is -0.511. The highest BCUT2D eigenvalue weighted by Crippen LogP contribution is 2.25. The number of carbonyl (C=O) groups is 1. The molecule has 1 atom stereocenters. The van der Waals surface area contributed by atoms with Crippen LogP contribution in [-0.4, -0.2) is 17.1 Å². The van der Waals surface area contributed by atoms with E-state index in [1.165, 1.54) is 0 Å². The molecule has 98 valence electrons. The summed E-state index contributed by atoms with van der Waals surface area (Å²) in [6.45, 7) is 7.00. The van der Waals surface area contributed by atoms with Gasteiger partial charge in [0.15, 0.2) is 17.3 Å². The number of carbonyl (C=O) groups excluding carboxylic acids is 1. The summed E-state index contributed by atoms with van der Waals surface area (Å²) in [5.41, 5.74) is 0.985. The van der Waals surface area contributed by atoms with Gasteiger partial charge in [0, 0.05) is 12.5 Å². The standard InChI is InChI=1S/C15H15NO3/c1-4-10(2)18-15(17)13-14(19-11(3)16-13)12-8-6-5-7-9-12/h4-10H,1H2,2-3H3. The van der Waals surface area contributed by atoms with Gasteiger partial charge in [-0.05, 0) is 6.92 Å². The van der Waals surface area contributed by atoms with E-state index >= 15 is 0 Å². The van der Waals surface area contributed by atoms with Gasteiger partial charge in [-0.1, -0.05) is 43.0 Å². The Morgan fingerprint density at radius 1 is 1.42 bits per heavy atom. The molecule has 0 saturated heterocycles. The second kappa shape index (κ2) is 5.52. The highest BCUT2D eigenvalue weighted by molar-refractivity contribution is 5.93. The van der Waals surface area contributed by atoms with Crippen LogP contribution < -0.4 is 0 Å². The molecular weight excluding hydrogens is 242 g/mol. The van der Waals surface area contributed by atoms with Crippen molar-refractivity contribution in [3.05, 3.63) is 54.6 Å². The number of aromatic nitrogens is 1. The van der Waals surface area contributed by atoms with Gasteiger partial charge in [-0.3, -0.25) is 0 Å². The first-order chi connectivity index (χ1) is 9.11. The van der Waals surface area contributed by atoms with Crippen LogP contribution in [0.25, 0.3) is 11.3 Å². The lowest BCUT2D eigenvalue weighted by Crippen LogP contribution is -2.13. The van der Waals surface area contributed by atoms with Gasteiger partial charge in [0.25, 0.3) is 0 Å². The van der Waals surface area contributed by atoms with E-state index in [1.54, 1.807) is 19.9 Å². The Balaban J connectivity index is 2.36. The summed E-state index contributed by atoms with van der Waals surface area (Å²) in [5, 5.41) is 0. The molecule has 19 heavy (non-hydrogen) atoms. The first-order valence-electron chi connectivity index (χ1n) is 5.98. The fourth-order valence-corrected chi connectivity index (χ4v) is 1.62. The monoisotopic (exact) mass is 257 g/mol. The van der Waals surface area contributed by atoms with E-state index < -0.39 is 5.97 Å². The first-order valence-corrected chi connectivity index (χ1v) is 5.98. The lowest BCUT2D eigenvalue weighted by atomic mass is 10.1. The first kappa shape index (κ1) is 13.1. The van der Waals surface area contributed by atoms with Gasteiger partial charge in [-0.25, -0.2) is 9.78 Å². The molecule has 4 heteroatoms. The minimum absolute atomic E-state index is 0.192. The SMILES string of the molecule is C=CC(C)OC(=O)c1nc(C)oc1-c1ccccc1. The molecule has 0 aliphatic carbocycles. The smallest absolute Gasteiger partial charge is 0.361 e. The molecular formula is C15H15NO3. The van der Waals surface area contributed by atoms with Crippen molar-refractivity contribution in [1.29, 1.82) is 0 Å². The summed E-state index contributed by atoms with van der Waals surface area (Å²) in [6.07, 6.45) is 1.18. The van der Waals surface area contributed by atoms with Gasteiger partial charge in [0.1, 0.15) is 6.10 Å². The summed E-state index contributed by atoms with van der Waals surface area (Å²) >= 11 is 0. The number of nitrogens with zero attached hydrogens (tertiary/aromatic N) is 1. The zero-order chi connectivity index (χ0) is 13.8. The number of benzene rings is 1. The van der Waals surface area contributed by atoms with Gasteiger partial charge in [0.2, 0.25) is 0 Å². The lowest BCUT2D eigenvalue weighted by molar-refractivity contribution is 0.0419. The normalized spacial score (nSPS) is 11.9. The molecule has 1 heterocycles. The molecule has 1 unspecified atom stereocenters. The van der Waals surface area contributed by atoms with Crippen molar-refractivity contribution in [2.24, 2.45) is 0 Å². The molecule has 0 bridgehead atoms. The highest BCUT2D eigenvalue weighted by atomic mass is 16.5. The average Bonchev–Trinajstić information content (AvgIpc) is 2.82. The third-order valence-corrected chi connectivity index (χ3v) is 2.59. The van der Waals surface area contributed by atoms with E-state index in [9.17, 15) is 4.79 Å². The molecule has 0 aliphatic rings. The van der Waals surface area contributed by atoms with Crippen molar-refractivity contribution >= 4 is 5.97 Å². The molecule has 1 aromatic heterocycles. The zero-order valence-corrected chi connectivity index (χ0v) is 10.9. The third kappa shape index (κ3) is 2.91. The fourth-order valence-electron chi connectivity index (χ4n) is 1.62. The Morgan fingerprint density at radius 3 is 2.74 bits per heavy atom. The number of ether oxygens (including phenoxy) is 1. The number of oxazole rings is 1. The van der Waals surface area contributed by atoms with E-state index in [-0.39, 0.29) is 11.8 Å². The third-order valence-electron chi connectivity index (χ3n) is 2.59. The molecule has 1 aromatic carbocycles. The van der Waals surface area contributed by atoms with Crippen LogP contribution in [0.2, 0.25) is 0 Å². The molecule has 0 aliphatic heterocycles. The number of aryl methyl sites for hydroxylation is 1. The van der Waals surface area contributed by atoms with Crippen LogP contribution in [0.4, 0.5) is 0 Å².